The number of aromatic amines is 1. The lowest BCUT2D eigenvalue weighted by Crippen LogP contribution is -2.26. The van der Waals surface area contributed by atoms with Gasteiger partial charge in [0, 0.05) is 35.6 Å². The SMILES string of the molecule is COc1cc(N2CC[C@H](c3cccc(F)c3)C2=O)ccc1-c1cn[nH]c1. The van der Waals surface area contributed by atoms with Crippen molar-refractivity contribution in [3.63, 3.8) is 0 Å². The van der Waals surface area contributed by atoms with Gasteiger partial charge in [0.15, 0.2) is 0 Å². The highest BCUT2D eigenvalue weighted by Gasteiger charge is 2.34. The van der Waals surface area contributed by atoms with Crippen LogP contribution < -0.4 is 9.64 Å². The number of carbonyl (C=O) groups excluding carboxylic acids is 1. The summed E-state index contributed by atoms with van der Waals surface area (Å²) < 4.78 is 19.0. The molecule has 0 saturated carbocycles. The van der Waals surface area contributed by atoms with E-state index in [9.17, 15) is 9.18 Å². The molecule has 3 aromatic rings. The summed E-state index contributed by atoms with van der Waals surface area (Å²) in [4.78, 5) is 14.6. The molecule has 26 heavy (non-hydrogen) atoms. The summed E-state index contributed by atoms with van der Waals surface area (Å²) in [6.07, 6.45) is 4.17. The maximum Gasteiger partial charge on any atom is 0.234 e. The Labute approximate surface area is 150 Å². The Kier molecular flexibility index (Phi) is 4.16. The molecule has 5 nitrogen and oxygen atoms in total. The quantitative estimate of drug-likeness (QED) is 0.779. The third kappa shape index (κ3) is 2.83. The zero-order chi connectivity index (χ0) is 18.1. The summed E-state index contributed by atoms with van der Waals surface area (Å²) in [5, 5.41) is 6.74. The first-order valence-electron chi connectivity index (χ1n) is 8.41. The number of benzene rings is 2. The van der Waals surface area contributed by atoms with E-state index in [0.717, 1.165) is 22.4 Å². The first-order valence-corrected chi connectivity index (χ1v) is 8.41. The van der Waals surface area contributed by atoms with Crippen molar-refractivity contribution < 1.29 is 13.9 Å². The minimum atomic E-state index is -0.320. The highest BCUT2D eigenvalue weighted by Crippen LogP contribution is 2.37. The predicted octanol–water partition coefficient (Wildman–Crippen LogP) is 3.74. The molecule has 2 heterocycles. The Bertz CT molecular complexity index is 940. The molecule has 1 atom stereocenters. The van der Waals surface area contributed by atoms with E-state index >= 15 is 0 Å². The molecule has 2 aromatic carbocycles. The fraction of sp³-hybridized carbons (Fsp3) is 0.200. The number of ether oxygens (including phenoxy) is 1. The number of nitrogens with zero attached hydrogens (tertiary/aromatic N) is 2. The smallest absolute Gasteiger partial charge is 0.234 e. The summed E-state index contributed by atoms with van der Waals surface area (Å²) in [7, 11) is 1.60. The summed E-state index contributed by atoms with van der Waals surface area (Å²) in [5.74, 6) is 0.0183. The fourth-order valence-electron chi connectivity index (χ4n) is 3.45. The normalized spacial score (nSPS) is 16.9. The Morgan fingerprint density at radius 3 is 2.88 bits per heavy atom. The van der Waals surface area contributed by atoms with E-state index < -0.39 is 0 Å². The Morgan fingerprint density at radius 1 is 1.27 bits per heavy atom. The lowest BCUT2D eigenvalue weighted by atomic mass is 9.98. The molecule has 0 radical (unpaired) electrons. The number of hydrogen-bond acceptors (Lipinski definition) is 3. The second-order valence-electron chi connectivity index (χ2n) is 6.26. The van der Waals surface area contributed by atoms with E-state index in [1.165, 1.54) is 12.1 Å². The Morgan fingerprint density at radius 2 is 2.15 bits per heavy atom. The first kappa shape index (κ1) is 16.3. The van der Waals surface area contributed by atoms with Gasteiger partial charge in [-0.15, -0.1) is 0 Å². The second-order valence-corrected chi connectivity index (χ2v) is 6.26. The van der Waals surface area contributed by atoms with Crippen molar-refractivity contribution in [2.24, 2.45) is 0 Å². The fourth-order valence-corrected chi connectivity index (χ4v) is 3.45. The third-order valence-corrected chi connectivity index (χ3v) is 4.76. The van der Waals surface area contributed by atoms with Crippen LogP contribution in [0.15, 0.2) is 54.9 Å². The van der Waals surface area contributed by atoms with Gasteiger partial charge in [0.2, 0.25) is 5.91 Å². The zero-order valence-corrected chi connectivity index (χ0v) is 14.3. The van der Waals surface area contributed by atoms with E-state index in [2.05, 4.69) is 10.2 Å². The van der Waals surface area contributed by atoms with Crippen LogP contribution in [0.4, 0.5) is 10.1 Å². The summed E-state index contributed by atoms with van der Waals surface area (Å²) in [5.41, 5.74) is 3.31. The van der Waals surface area contributed by atoms with Gasteiger partial charge in [0.25, 0.3) is 0 Å². The molecule has 1 aliphatic heterocycles. The van der Waals surface area contributed by atoms with Crippen molar-refractivity contribution in [2.75, 3.05) is 18.6 Å². The van der Waals surface area contributed by atoms with Crippen LogP contribution in [0.1, 0.15) is 17.9 Å². The van der Waals surface area contributed by atoms with Gasteiger partial charge in [-0.3, -0.25) is 9.89 Å². The molecule has 1 amide bonds. The van der Waals surface area contributed by atoms with E-state index in [1.807, 2.05) is 18.2 Å². The molecule has 0 bridgehead atoms. The van der Waals surface area contributed by atoms with Gasteiger partial charge >= 0.3 is 0 Å². The van der Waals surface area contributed by atoms with Crippen LogP contribution in [0.3, 0.4) is 0 Å². The molecule has 0 aliphatic carbocycles. The standard InChI is InChI=1S/C20H18FN3O2/c1-26-19-10-16(5-6-17(19)14-11-22-23-12-14)24-8-7-18(20(24)25)13-3-2-4-15(21)9-13/h2-6,9-12,18H,7-8H2,1H3,(H,22,23)/t18-/m1/s1. The molecule has 1 N–H and O–H groups in total. The molecule has 0 spiro atoms. The van der Waals surface area contributed by atoms with Gasteiger partial charge in [-0.05, 0) is 36.2 Å². The second kappa shape index (κ2) is 6.63. The van der Waals surface area contributed by atoms with E-state index in [-0.39, 0.29) is 17.6 Å². The number of amides is 1. The van der Waals surface area contributed by atoms with Crippen molar-refractivity contribution in [3.8, 4) is 16.9 Å². The van der Waals surface area contributed by atoms with Crippen molar-refractivity contribution in [1.29, 1.82) is 0 Å². The topological polar surface area (TPSA) is 58.2 Å². The number of nitrogens with one attached hydrogen (secondary N) is 1. The average Bonchev–Trinajstić information content (AvgIpc) is 3.31. The average molecular weight is 351 g/mol. The first-order chi connectivity index (χ1) is 12.7. The van der Waals surface area contributed by atoms with Crippen LogP contribution in [-0.4, -0.2) is 29.8 Å². The van der Waals surface area contributed by atoms with Crippen molar-refractivity contribution >= 4 is 11.6 Å². The molecule has 4 rings (SSSR count). The van der Waals surface area contributed by atoms with Crippen LogP contribution in [0.2, 0.25) is 0 Å². The van der Waals surface area contributed by atoms with Crippen LogP contribution in [-0.2, 0) is 4.79 Å². The minimum absolute atomic E-state index is 0.0197. The van der Waals surface area contributed by atoms with Gasteiger partial charge in [-0.25, -0.2) is 4.39 Å². The molecule has 1 fully saturated rings. The number of hydrogen-bond donors (Lipinski definition) is 1. The number of halogens is 1. The summed E-state index contributed by atoms with van der Waals surface area (Å²) >= 11 is 0. The molecule has 1 aliphatic rings. The van der Waals surface area contributed by atoms with Crippen molar-refractivity contribution in [3.05, 3.63) is 66.2 Å². The number of H-pyrrole nitrogens is 1. The highest BCUT2D eigenvalue weighted by atomic mass is 19.1. The third-order valence-electron chi connectivity index (χ3n) is 4.76. The molecular weight excluding hydrogens is 333 g/mol. The predicted molar refractivity (Wildman–Crippen MR) is 96.7 cm³/mol. The van der Waals surface area contributed by atoms with E-state index in [0.29, 0.717) is 18.7 Å². The molecule has 1 aromatic heterocycles. The Balaban J connectivity index is 1.63. The lowest BCUT2D eigenvalue weighted by Gasteiger charge is -2.19. The number of carbonyl (C=O) groups is 1. The highest BCUT2D eigenvalue weighted by molar-refractivity contribution is 6.00. The Hall–Kier alpha value is -3.15. The number of aromatic nitrogens is 2. The van der Waals surface area contributed by atoms with Gasteiger partial charge < -0.3 is 9.64 Å². The molecule has 0 unspecified atom stereocenters. The van der Waals surface area contributed by atoms with Crippen LogP contribution >= 0.6 is 0 Å². The molecular formula is C20H18FN3O2. The van der Waals surface area contributed by atoms with Crippen LogP contribution in [0.5, 0.6) is 5.75 Å². The number of methoxy groups -OCH3 is 1. The van der Waals surface area contributed by atoms with Gasteiger partial charge in [0.1, 0.15) is 11.6 Å². The summed E-state index contributed by atoms with van der Waals surface area (Å²) in [6.45, 7) is 0.591. The largest absolute Gasteiger partial charge is 0.496 e. The van der Waals surface area contributed by atoms with Crippen LogP contribution in [0, 0.1) is 5.82 Å². The minimum Gasteiger partial charge on any atom is -0.496 e. The monoisotopic (exact) mass is 351 g/mol. The van der Waals surface area contributed by atoms with Crippen molar-refractivity contribution in [1.82, 2.24) is 10.2 Å². The van der Waals surface area contributed by atoms with Gasteiger partial charge in [-0.1, -0.05) is 12.1 Å². The van der Waals surface area contributed by atoms with Gasteiger partial charge in [-0.2, -0.15) is 5.10 Å². The van der Waals surface area contributed by atoms with Crippen molar-refractivity contribution in [2.45, 2.75) is 12.3 Å². The molecule has 132 valence electrons. The lowest BCUT2D eigenvalue weighted by molar-refractivity contribution is -0.118. The maximum atomic E-state index is 13.5. The van der Waals surface area contributed by atoms with Gasteiger partial charge in [0.05, 0.1) is 19.2 Å². The number of rotatable bonds is 4. The summed E-state index contributed by atoms with van der Waals surface area (Å²) in [6, 6.07) is 11.9. The van der Waals surface area contributed by atoms with E-state index in [4.69, 9.17) is 4.74 Å². The molecule has 1 saturated heterocycles. The van der Waals surface area contributed by atoms with Crippen LogP contribution in [0.25, 0.3) is 11.1 Å². The maximum absolute atomic E-state index is 13.5. The molecule has 6 heteroatoms. The van der Waals surface area contributed by atoms with E-state index in [1.54, 1.807) is 36.5 Å². The number of anilines is 1. The zero-order valence-electron chi connectivity index (χ0n) is 14.3.